The molecule has 1 aromatic heterocycles. The fourth-order valence-corrected chi connectivity index (χ4v) is 3.52. The predicted molar refractivity (Wildman–Crippen MR) is 83.9 cm³/mol. The van der Waals surface area contributed by atoms with Crippen molar-refractivity contribution in [3.05, 3.63) is 38.7 Å². The van der Waals surface area contributed by atoms with Crippen molar-refractivity contribution in [3.8, 4) is 0 Å². The Labute approximate surface area is 133 Å². The van der Waals surface area contributed by atoms with Crippen LogP contribution in [-0.4, -0.2) is 25.8 Å². The largest absolute Gasteiger partial charge is 0.409 e. The molecule has 2 aromatic rings. The lowest BCUT2D eigenvalue weighted by atomic mass is 10.2. The molecule has 0 unspecified atom stereocenters. The molecule has 0 bridgehead atoms. The van der Waals surface area contributed by atoms with Crippen molar-refractivity contribution in [1.29, 1.82) is 0 Å². The maximum Gasteiger partial charge on any atom is 0.343 e. The van der Waals surface area contributed by atoms with Crippen molar-refractivity contribution in [3.63, 3.8) is 0 Å². The van der Waals surface area contributed by atoms with Crippen molar-refractivity contribution in [2.45, 2.75) is 29.9 Å². The first-order valence-electron chi connectivity index (χ1n) is 6.18. The van der Waals surface area contributed by atoms with Crippen LogP contribution in [0.4, 0.5) is 0 Å². The molecule has 4 N–H and O–H groups in total. The summed E-state index contributed by atoms with van der Waals surface area (Å²) < 4.78 is 2.25. The Bertz CT molecular complexity index is 725. The lowest BCUT2D eigenvalue weighted by molar-refractivity contribution is 0.318. The summed E-state index contributed by atoms with van der Waals surface area (Å²) >= 11 is 4.65. The van der Waals surface area contributed by atoms with Crippen molar-refractivity contribution >= 4 is 33.5 Å². The maximum absolute atomic E-state index is 11.7. The molecule has 1 heterocycles. The highest BCUT2D eigenvalue weighted by Crippen LogP contribution is 2.32. The Morgan fingerprint density at radius 1 is 1.62 bits per heavy atom. The number of nitrogens with zero attached hydrogens (tertiary/aromatic N) is 3. The Morgan fingerprint density at radius 3 is 3.05 bits per heavy atom. The number of rotatable bonds is 5. The van der Waals surface area contributed by atoms with E-state index < -0.39 is 0 Å². The van der Waals surface area contributed by atoms with E-state index in [2.05, 4.69) is 31.3 Å². The summed E-state index contributed by atoms with van der Waals surface area (Å²) in [5.74, 6) is -0.00935. The summed E-state index contributed by atoms with van der Waals surface area (Å²) in [7, 11) is 0. The number of H-pyrrole nitrogens is 1. The molecule has 0 spiro atoms. The number of halogens is 1. The Morgan fingerprint density at radius 2 is 2.38 bits per heavy atom. The number of aromatic amines is 1. The Hall–Kier alpha value is -1.74. The van der Waals surface area contributed by atoms with Crippen molar-refractivity contribution in [2.75, 3.05) is 0 Å². The molecule has 0 aliphatic rings. The van der Waals surface area contributed by atoms with Gasteiger partial charge in [-0.3, -0.25) is 4.57 Å². The van der Waals surface area contributed by atoms with Crippen LogP contribution in [0.2, 0.25) is 0 Å². The van der Waals surface area contributed by atoms with E-state index in [9.17, 15) is 4.79 Å². The zero-order chi connectivity index (χ0) is 15.4. The summed E-state index contributed by atoms with van der Waals surface area (Å²) in [5, 5.41) is 18.9. The van der Waals surface area contributed by atoms with Crippen LogP contribution in [0.25, 0.3) is 0 Å². The summed E-state index contributed by atoms with van der Waals surface area (Å²) in [6.45, 7) is 2.55. The van der Waals surface area contributed by atoms with E-state index in [1.807, 2.05) is 19.1 Å². The number of benzene rings is 1. The standard InChI is InChI=1S/C12H14BrN5O2S/c1-2-6-18-11(19)15-16-12(18)21-8-5-3-4-7(13)9(8)10(14)17-20/h3-5,20H,2,6H2,1H3,(H2,14,17)(H,15,19). The number of nitrogens with one attached hydrogen (secondary N) is 1. The molecule has 0 saturated carbocycles. The molecule has 7 nitrogen and oxygen atoms in total. The monoisotopic (exact) mass is 371 g/mol. The SMILES string of the molecule is CCCn1c(Sc2cccc(Br)c2/C(N)=N/O)n[nH]c1=O. The second kappa shape index (κ2) is 6.81. The highest BCUT2D eigenvalue weighted by Gasteiger charge is 2.16. The number of hydrogen-bond donors (Lipinski definition) is 3. The Kier molecular flexibility index (Phi) is 5.07. The average Bonchev–Trinajstić information content (AvgIpc) is 2.80. The maximum atomic E-state index is 11.7. The molecule has 0 aliphatic heterocycles. The predicted octanol–water partition coefficient (Wildman–Crippen LogP) is 1.99. The average molecular weight is 372 g/mol. The normalized spacial score (nSPS) is 11.8. The van der Waals surface area contributed by atoms with Crippen molar-refractivity contribution in [1.82, 2.24) is 14.8 Å². The van der Waals surface area contributed by atoms with Gasteiger partial charge in [0.15, 0.2) is 11.0 Å². The molecule has 0 amide bonds. The van der Waals surface area contributed by atoms with Gasteiger partial charge in [0.1, 0.15) is 0 Å². The first kappa shape index (κ1) is 15.6. The highest BCUT2D eigenvalue weighted by molar-refractivity contribution is 9.10. The van der Waals surface area contributed by atoms with Gasteiger partial charge in [-0.05, 0) is 46.2 Å². The van der Waals surface area contributed by atoms with Gasteiger partial charge >= 0.3 is 5.69 Å². The molecule has 0 saturated heterocycles. The lowest BCUT2D eigenvalue weighted by Gasteiger charge is -2.10. The van der Waals surface area contributed by atoms with E-state index in [0.717, 1.165) is 11.3 Å². The molecule has 2 rings (SSSR count). The fraction of sp³-hybridized carbons (Fsp3) is 0.250. The number of nitrogens with two attached hydrogens (primary N) is 1. The minimum atomic E-state index is -0.250. The van der Waals surface area contributed by atoms with Crippen LogP contribution in [0.3, 0.4) is 0 Å². The summed E-state index contributed by atoms with van der Waals surface area (Å²) in [4.78, 5) is 12.4. The van der Waals surface area contributed by atoms with Gasteiger partial charge in [-0.2, -0.15) is 0 Å². The van der Waals surface area contributed by atoms with Crippen LogP contribution >= 0.6 is 27.7 Å². The number of amidine groups is 1. The van der Waals surface area contributed by atoms with Crippen LogP contribution in [0, 0.1) is 0 Å². The minimum absolute atomic E-state index is 0.00935. The van der Waals surface area contributed by atoms with E-state index >= 15 is 0 Å². The van der Waals surface area contributed by atoms with Crippen LogP contribution in [-0.2, 0) is 6.54 Å². The van der Waals surface area contributed by atoms with Gasteiger partial charge in [-0.25, -0.2) is 9.89 Å². The van der Waals surface area contributed by atoms with Crippen LogP contribution in [0.5, 0.6) is 0 Å². The van der Waals surface area contributed by atoms with E-state index in [0.29, 0.717) is 21.7 Å². The molecule has 0 radical (unpaired) electrons. The van der Waals surface area contributed by atoms with Crippen LogP contribution in [0.1, 0.15) is 18.9 Å². The highest BCUT2D eigenvalue weighted by atomic mass is 79.9. The molecule has 112 valence electrons. The van der Waals surface area contributed by atoms with Crippen molar-refractivity contribution in [2.24, 2.45) is 10.9 Å². The topological polar surface area (TPSA) is 109 Å². The molecule has 0 aliphatic carbocycles. The minimum Gasteiger partial charge on any atom is -0.409 e. The molecular formula is C12H14BrN5O2S. The fourth-order valence-electron chi connectivity index (χ4n) is 1.79. The second-order valence-electron chi connectivity index (χ2n) is 4.16. The zero-order valence-electron chi connectivity index (χ0n) is 11.2. The number of oxime groups is 1. The van der Waals surface area contributed by atoms with Crippen LogP contribution in [0.15, 0.2) is 42.7 Å². The third kappa shape index (κ3) is 3.30. The van der Waals surface area contributed by atoms with E-state index in [1.54, 1.807) is 10.6 Å². The van der Waals surface area contributed by atoms with Crippen LogP contribution < -0.4 is 11.4 Å². The van der Waals surface area contributed by atoms with Crippen molar-refractivity contribution < 1.29 is 5.21 Å². The van der Waals surface area contributed by atoms with Gasteiger partial charge in [0.25, 0.3) is 0 Å². The molecule has 21 heavy (non-hydrogen) atoms. The number of hydrogen-bond acceptors (Lipinski definition) is 5. The van der Waals surface area contributed by atoms with Gasteiger partial charge in [0.05, 0.1) is 0 Å². The molecule has 0 atom stereocenters. The number of aromatic nitrogens is 3. The molecular weight excluding hydrogens is 358 g/mol. The molecule has 9 heteroatoms. The van der Waals surface area contributed by atoms with Gasteiger partial charge < -0.3 is 10.9 Å². The van der Waals surface area contributed by atoms with Gasteiger partial charge in [0, 0.05) is 21.5 Å². The summed E-state index contributed by atoms with van der Waals surface area (Å²) in [6, 6.07) is 5.44. The summed E-state index contributed by atoms with van der Waals surface area (Å²) in [5.41, 5.74) is 6.02. The summed E-state index contributed by atoms with van der Waals surface area (Å²) in [6.07, 6.45) is 0.818. The first-order valence-corrected chi connectivity index (χ1v) is 7.78. The van der Waals surface area contributed by atoms with E-state index in [1.165, 1.54) is 11.8 Å². The van der Waals surface area contributed by atoms with Gasteiger partial charge in [0.2, 0.25) is 0 Å². The third-order valence-electron chi connectivity index (χ3n) is 2.71. The van der Waals surface area contributed by atoms with Gasteiger partial charge in [-0.15, -0.1) is 5.10 Å². The third-order valence-corrected chi connectivity index (χ3v) is 4.43. The molecule has 1 aromatic carbocycles. The van der Waals surface area contributed by atoms with Gasteiger partial charge in [-0.1, -0.05) is 18.1 Å². The smallest absolute Gasteiger partial charge is 0.343 e. The Balaban J connectivity index is 2.46. The van der Waals surface area contributed by atoms with E-state index in [4.69, 9.17) is 10.9 Å². The van der Waals surface area contributed by atoms with E-state index in [-0.39, 0.29) is 11.5 Å². The lowest BCUT2D eigenvalue weighted by Crippen LogP contribution is -2.18. The zero-order valence-corrected chi connectivity index (χ0v) is 13.6. The second-order valence-corrected chi connectivity index (χ2v) is 6.03. The quantitative estimate of drug-likeness (QED) is 0.322. The molecule has 0 fully saturated rings. The first-order chi connectivity index (χ1) is 10.1.